The number of aliphatic hydroxyl groups excluding tert-OH is 1. The predicted molar refractivity (Wildman–Crippen MR) is 76.2 cm³/mol. The second-order valence-electron chi connectivity index (χ2n) is 5.13. The van der Waals surface area contributed by atoms with E-state index in [1.807, 2.05) is 0 Å². The maximum absolute atomic E-state index is 12.0. The van der Waals surface area contributed by atoms with Gasteiger partial charge in [0.15, 0.2) is 0 Å². The van der Waals surface area contributed by atoms with Crippen LogP contribution in [0.2, 0.25) is 0 Å². The van der Waals surface area contributed by atoms with Crippen molar-refractivity contribution in [1.29, 1.82) is 0 Å². The van der Waals surface area contributed by atoms with Crippen molar-refractivity contribution in [1.82, 2.24) is 10.2 Å². The zero-order valence-corrected chi connectivity index (χ0v) is 16.1. The van der Waals surface area contributed by atoms with Gasteiger partial charge in [-0.25, -0.2) is 4.79 Å². The van der Waals surface area contributed by atoms with Crippen molar-refractivity contribution in [2.45, 2.75) is 24.5 Å². The van der Waals surface area contributed by atoms with Crippen molar-refractivity contribution in [3.05, 3.63) is 9.93 Å². The third-order valence-corrected chi connectivity index (χ3v) is 6.40. The summed E-state index contributed by atoms with van der Waals surface area (Å²) in [7, 11) is 0. The van der Waals surface area contributed by atoms with Gasteiger partial charge in [-0.3, -0.25) is 9.69 Å². The minimum Gasteiger partial charge on any atom is -0.543 e. The van der Waals surface area contributed by atoms with Crippen LogP contribution in [0.1, 0.15) is 6.92 Å². The molecule has 8 nitrogen and oxygen atoms in total. The molecule has 2 fully saturated rings. The van der Waals surface area contributed by atoms with E-state index in [0.717, 1.165) is 0 Å². The Morgan fingerprint density at radius 1 is 1.61 bits per heavy atom. The van der Waals surface area contributed by atoms with Crippen molar-refractivity contribution >= 4 is 41.5 Å². The minimum atomic E-state index is -1.42. The second kappa shape index (κ2) is 7.24. The zero-order chi connectivity index (χ0) is 16.0. The van der Waals surface area contributed by atoms with Crippen LogP contribution >= 0.6 is 23.5 Å². The quantitative estimate of drug-likeness (QED) is 0.369. The summed E-state index contributed by atoms with van der Waals surface area (Å²) >= 11 is 2.44. The molecule has 1 unspecified atom stereocenters. The Kier molecular flexibility index (Phi) is 5.96. The molecular weight excluding hydrogens is 355 g/mol. The third kappa shape index (κ3) is 3.38. The number of thioether (sulfide) groups is 2. The van der Waals surface area contributed by atoms with E-state index < -0.39 is 35.4 Å². The number of cyclic esters (lactones) is 1. The fourth-order valence-electron chi connectivity index (χ4n) is 2.54. The van der Waals surface area contributed by atoms with Crippen molar-refractivity contribution in [3.63, 3.8) is 0 Å². The van der Waals surface area contributed by atoms with Gasteiger partial charge >= 0.3 is 35.7 Å². The van der Waals surface area contributed by atoms with Gasteiger partial charge in [-0.05, 0) is 6.92 Å². The van der Waals surface area contributed by atoms with Gasteiger partial charge in [0.1, 0.15) is 11.5 Å². The molecule has 2 N–H and O–H groups in total. The molecule has 3 rings (SSSR count). The molecule has 0 saturated carbocycles. The number of carbonyl (C=O) groups is 3. The number of rotatable bonds is 5. The summed E-state index contributed by atoms with van der Waals surface area (Å²) in [4.78, 5) is 35.4. The molecule has 0 spiro atoms. The van der Waals surface area contributed by atoms with Gasteiger partial charge < -0.3 is 25.1 Å². The summed E-state index contributed by atoms with van der Waals surface area (Å²) in [5.41, 5.74) is -0.154. The largest absolute Gasteiger partial charge is 1.00 e. The van der Waals surface area contributed by atoms with Crippen molar-refractivity contribution in [2.24, 2.45) is 5.92 Å². The van der Waals surface area contributed by atoms with Gasteiger partial charge in [-0.1, -0.05) is 11.8 Å². The van der Waals surface area contributed by atoms with Crippen molar-refractivity contribution < 1.29 is 58.9 Å². The number of alkyl carbamates (subject to hydrolysis) is 1. The standard InChI is InChI=1S/C12H14N2O6S2.Na/c1-4(15)6-8(16)14-7(10(17)18)11(22-9(6)14)21-3-5-2-13-12(19)20-5;/h4-6,9,15H,2-3H2,1H3,(H,13,19)(H,17,18);/q;+1/p-1/t4-,5?,6+,9-;/m1./s1. The van der Waals surface area contributed by atoms with Crippen molar-refractivity contribution in [2.75, 3.05) is 12.3 Å². The monoisotopic (exact) mass is 368 g/mol. The fourth-order valence-corrected chi connectivity index (χ4v) is 5.47. The maximum Gasteiger partial charge on any atom is 1.00 e. The first kappa shape index (κ1) is 18.9. The summed E-state index contributed by atoms with van der Waals surface area (Å²) in [6.07, 6.45) is -1.68. The summed E-state index contributed by atoms with van der Waals surface area (Å²) < 4.78 is 5.43. The number of β-lactam (4-membered cyclic amide) rings is 1. The van der Waals surface area contributed by atoms with Crippen molar-refractivity contribution in [3.8, 4) is 0 Å². The first-order chi connectivity index (χ1) is 10.4. The van der Waals surface area contributed by atoms with Gasteiger partial charge in [0.2, 0.25) is 5.91 Å². The van der Waals surface area contributed by atoms with Gasteiger partial charge in [0, 0.05) is 5.75 Å². The van der Waals surface area contributed by atoms with E-state index in [2.05, 4.69) is 5.32 Å². The van der Waals surface area contributed by atoms with E-state index in [-0.39, 0.29) is 41.4 Å². The molecule has 120 valence electrons. The molecule has 0 aliphatic carbocycles. The summed E-state index contributed by atoms with van der Waals surface area (Å²) in [6.45, 7) is 1.88. The number of ether oxygens (including phenoxy) is 1. The smallest absolute Gasteiger partial charge is 0.543 e. The molecule has 11 heteroatoms. The van der Waals surface area contributed by atoms with Crippen LogP contribution < -0.4 is 40.0 Å². The average Bonchev–Trinajstić information content (AvgIpc) is 2.97. The number of fused-ring (bicyclic) bond motifs is 1. The molecule has 2 amide bonds. The molecule has 23 heavy (non-hydrogen) atoms. The molecule has 0 aromatic rings. The molecule has 3 heterocycles. The Morgan fingerprint density at radius 3 is 2.83 bits per heavy atom. The normalized spacial score (nSPS) is 30.2. The van der Waals surface area contributed by atoms with Gasteiger partial charge in [0.05, 0.1) is 34.5 Å². The van der Waals surface area contributed by atoms with Crippen LogP contribution in [0.25, 0.3) is 0 Å². The number of carboxylic acid groups (broad SMARTS) is 1. The Hall–Kier alpha value is -0.390. The van der Waals surface area contributed by atoms with E-state index in [9.17, 15) is 24.6 Å². The van der Waals surface area contributed by atoms with Gasteiger partial charge in [-0.2, -0.15) is 0 Å². The number of amides is 2. The molecule has 3 aliphatic rings. The number of nitrogens with zero attached hydrogens (tertiary/aromatic N) is 1. The Labute approximate surface area is 162 Å². The molecule has 3 aliphatic heterocycles. The van der Waals surface area contributed by atoms with E-state index in [0.29, 0.717) is 16.5 Å². The van der Waals surface area contributed by atoms with Crippen LogP contribution in [0.4, 0.5) is 4.79 Å². The van der Waals surface area contributed by atoms with Crippen LogP contribution in [0, 0.1) is 5.92 Å². The number of carbonyl (C=O) groups excluding carboxylic acids is 3. The molecule has 2 saturated heterocycles. The number of hydrogen-bond donors (Lipinski definition) is 2. The molecule has 4 atom stereocenters. The summed E-state index contributed by atoms with van der Waals surface area (Å²) in [5, 5.41) is 23.0. The molecule has 0 aromatic heterocycles. The zero-order valence-electron chi connectivity index (χ0n) is 12.5. The van der Waals surface area contributed by atoms with Crippen LogP contribution in [0.15, 0.2) is 9.93 Å². The van der Waals surface area contributed by atoms with Crippen LogP contribution in [0.5, 0.6) is 0 Å². The number of aliphatic carboxylic acids is 1. The Bertz CT molecular complexity index is 584. The minimum absolute atomic E-state index is 0. The van der Waals surface area contributed by atoms with Crippen LogP contribution in [-0.2, 0) is 14.3 Å². The predicted octanol–water partition coefficient (Wildman–Crippen LogP) is -4.34. The SMILES string of the molecule is C[C@@H](O)[C@H]1C(=O)N2C(C(=O)[O-])=C(SCC3CNC(=O)O3)S[C@H]12.[Na+]. The van der Waals surface area contributed by atoms with E-state index >= 15 is 0 Å². The average molecular weight is 368 g/mol. The third-order valence-electron chi connectivity index (χ3n) is 3.61. The number of nitrogens with one attached hydrogen (secondary N) is 1. The number of carboxylic acids is 1. The topological polar surface area (TPSA) is 119 Å². The maximum atomic E-state index is 12.0. The molecular formula is C12H13N2NaO6S2. The van der Waals surface area contributed by atoms with E-state index in [1.165, 1.54) is 35.3 Å². The van der Waals surface area contributed by atoms with Gasteiger partial charge in [-0.15, -0.1) is 11.8 Å². The molecule has 0 radical (unpaired) electrons. The first-order valence-corrected chi connectivity index (χ1v) is 8.47. The van der Waals surface area contributed by atoms with Gasteiger partial charge in [0.25, 0.3) is 0 Å². The molecule has 0 bridgehead atoms. The number of hydrogen-bond acceptors (Lipinski definition) is 8. The Balaban J connectivity index is 0.00000192. The fraction of sp³-hybridized carbons (Fsp3) is 0.583. The first-order valence-electron chi connectivity index (χ1n) is 6.61. The number of aliphatic hydroxyl groups is 1. The summed E-state index contributed by atoms with van der Waals surface area (Å²) in [5.74, 6) is -2.05. The van der Waals surface area contributed by atoms with Crippen LogP contribution in [0.3, 0.4) is 0 Å². The van der Waals surface area contributed by atoms with E-state index in [1.54, 1.807) is 0 Å². The van der Waals surface area contributed by atoms with Crippen LogP contribution in [-0.4, -0.2) is 57.9 Å². The molecule has 0 aromatic carbocycles. The summed E-state index contributed by atoms with van der Waals surface area (Å²) in [6, 6.07) is 0. The second-order valence-corrected chi connectivity index (χ2v) is 7.54. The van der Waals surface area contributed by atoms with E-state index in [4.69, 9.17) is 4.74 Å². The Morgan fingerprint density at radius 2 is 2.30 bits per heavy atom.